The third-order valence-corrected chi connectivity index (χ3v) is 6.37. The Morgan fingerprint density at radius 1 is 1.06 bits per heavy atom. The number of fused-ring (bicyclic) bond motifs is 1. The highest BCUT2D eigenvalue weighted by atomic mass is 19.1. The zero-order valence-corrected chi connectivity index (χ0v) is 18.2. The van der Waals surface area contributed by atoms with Gasteiger partial charge in [0.2, 0.25) is 5.91 Å². The highest BCUT2D eigenvalue weighted by Gasteiger charge is 2.32. The lowest BCUT2D eigenvalue weighted by Gasteiger charge is -2.29. The molecule has 2 aromatic carbocycles. The van der Waals surface area contributed by atoms with Crippen LogP contribution in [0.15, 0.2) is 48.7 Å². The number of likely N-dealkylation sites (tertiary alicyclic amines) is 1. The third-order valence-electron chi connectivity index (χ3n) is 6.37. The Morgan fingerprint density at radius 2 is 1.88 bits per heavy atom. The molecule has 0 radical (unpaired) electrons. The molecule has 3 aromatic rings. The summed E-state index contributed by atoms with van der Waals surface area (Å²) in [4.78, 5) is 30.4. The molecule has 9 heteroatoms. The van der Waals surface area contributed by atoms with Crippen LogP contribution in [0, 0.1) is 5.82 Å². The zero-order chi connectivity index (χ0) is 22.9. The molecule has 2 aliphatic heterocycles. The number of urea groups is 1. The second-order valence-corrected chi connectivity index (χ2v) is 8.47. The van der Waals surface area contributed by atoms with Crippen molar-refractivity contribution in [1.82, 2.24) is 19.6 Å². The summed E-state index contributed by atoms with van der Waals surface area (Å²) in [6, 6.07) is 11.7. The topological polar surface area (TPSA) is 61.7 Å². The van der Waals surface area contributed by atoms with E-state index in [2.05, 4.69) is 5.10 Å². The summed E-state index contributed by atoms with van der Waals surface area (Å²) in [5.74, 6) is -0.495. The first-order chi connectivity index (χ1) is 16.0. The van der Waals surface area contributed by atoms with E-state index in [9.17, 15) is 18.4 Å². The van der Waals surface area contributed by atoms with Crippen molar-refractivity contribution in [1.29, 1.82) is 0 Å². The Labute approximate surface area is 190 Å². The standard InChI is InChI=1S/C24H25F2N5O2/c25-17-5-4-11-29(16-17)23(32)10-12-28-13-14-30(24(28)33)20-8-3-9-21-18(20)15-27-31(21)22-7-2-1-6-19(22)26/h1-3,6-9,15,17H,4-5,10-14,16H2/t17-/m1/s1. The highest BCUT2D eigenvalue weighted by Crippen LogP contribution is 2.31. The minimum Gasteiger partial charge on any atom is -0.340 e. The molecule has 0 unspecified atom stereocenters. The average molecular weight is 453 g/mol. The van der Waals surface area contributed by atoms with Gasteiger partial charge in [-0.15, -0.1) is 0 Å². The van der Waals surface area contributed by atoms with Crippen LogP contribution in [0.2, 0.25) is 0 Å². The summed E-state index contributed by atoms with van der Waals surface area (Å²) >= 11 is 0. The number of piperidine rings is 1. The van der Waals surface area contributed by atoms with Crippen LogP contribution in [-0.2, 0) is 4.79 Å². The van der Waals surface area contributed by atoms with Gasteiger partial charge in [-0.05, 0) is 37.1 Å². The van der Waals surface area contributed by atoms with Crippen LogP contribution in [0.4, 0.5) is 19.3 Å². The molecule has 7 nitrogen and oxygen atoms in total. The van der Waals surface area contributed by atoms with E-state index in [-0.39, 0.29) is 30.7 Å². The molecule has 3 amide bonds. The van der Waals surface area contributed by atoms with E-state index in [1.807, 2.05) is 18.2 Å². The van der Waals surface area contributed by atoms with Gasteiger partial charge < -0.3 is 9.80 Å². The molecule has 33 heavy (non-hydrogen) atoms. The van der Waals surface area contributed by atoms with Gasteiger partial charge in [0, 0.05) is 38.0 Å². The molecular formula is C24H25F2N5O2. The van der Waals surface area contributed by atoms with Crippen LogP contribution in [-0.4, -0.2) is 70.4 Å². The van der Waals surface area contributed by atoms with Crippen molar-refractivity contribution in [3.63, 3.8) is 0 Å². The maximum Gasteiger partial charge on any atom is 0.324 e. The predicted octanol–water partition coefficient (Wildman–Crippen LogP) is 3.76. The molecule has 1 atom stereocenters. The molecule has 3 heterocycles. The lowest BCUT2D eigenvalue weighted by molar-refractivity contribution is -0.133. The molecule has 2 aliphatic rings. The molecule has 2 fully saturated rings. The van der Waals surface area contributed by atoms with Gasteiger partial charge in [0.15, 0.2) is 0 Å². The molecular weight excluding hydrogens is 428 g/mol. The number of carbonyl (C=O) groups is 2. The maximum atomic E-state index is 14.3. The van der Waals surface area contributed by atoms with Gasteiger partial charge >= 0.3 is 6.03 Å². The van der Waals surface area contributed by atoms with E-state index in [0.29, 0.717) is 55.9 Å². The first-order valence-corrected chi connectivity index (χ1v) is 11.2. The second-order valence-electron chi connectivity index (χ2n) is 8.47. The number of benzene rings is 2. The van der Waals surface area contributed by atoms with Crippen LogP contribution in [0.5, 0.6) is 0 Å². The van der Waals surface area contributed by atoms with E-state index >= 15 is 0 Å². The highest BCUT2D eigenvalue weighted by molar-refractivity contribution is 6.03. The Morgan fingerprint density at radius 3 is 2.70 bits per heavy atom. The Balaban J connectivity index is 1.31. The fraction of sp³-hybridized carbons (Fsp3) is 0.375. The van der Waals surface area contributed by atoms with Crippen molar-refractivity contribution in [2.45, 2.75) is 25.4 Å². The van der Waals surface area contributed by atoms with Crippen LogP contribution >= 0.6 is 0 Å². The van der Waals surface area contributed by atoms with Gasteiger partial charge in [-0.3, -0.25) is 9.69 Å². The molecule has 5 rings (SSSR count). The van der Waals surface area contributed by atoms with E-state index in [1.54, 1.807) is 39.1 Å². The first-order valence-electron chi connectivity index (χ1n) is 11.2. The summed E-state index contributed by atoms with van der Waals surface area (Å²) < 4.78 is 29.5. The van der Waals surface area contributed by atoms with Crippen molar-refractivity contribution < 1.29 is 18.4 Å². The van der Waals surface area contributed by atoms with Crippen LogP contribution in [0.25, 0.3) is 16.6 Å². The lowest BCUT2D eigenvalue weighted by atomic mass is 10.1. The van der Waals surface area contributed by atoms with Crippen molar-refractivity contribution >= 4 is 28.5 Å². The van der Waals surface area contributed by atoms with Crippen molar-refractivity contribution in [3.8, 4) is 5.69 Å². The van der Waals surface area contributed by atoms with Gasteiger partial charge in [0.1, 0.15) is 17.7 Å². The van der Waals surface area contributed by atoms with Gasteiger partial charge in [-0.2, -0.15) is 5.10 Å². The van der Waals surface area contributed by atoms with Gasteiger partial charge in [-0.1, -0.05) is 18.2 Å². The lowest BCUT2D eigenvalue weighted by Crippen LogP contribution is -2.42. The molecule has 0 N–H and O–H groups in total. The van der Waals surface area contributed by atoms with E-state index in [0.717, 1.165) is 5.39 Å². The summed E-state index contributed by atoms with van der Waals surface area (Å²) in [6.45, 7) is 2.00. The Kier molecular flexibility index (Phi) is 5.70. The number of nitrogens with zero attached hydrogens (tertiary/aromatic N) is 5. The largest absolute Gasteiger partial charge is 0.340 e. The predicted molar refractivity (Wildman–Crippen MR) is 121 cm³/mol. The van der Waals surface area contributed by atoms with E-state index in [4.69, 9.17) is 0 Å². The Hall–Kier alpha value is -3.49. The normalized spacial score (nSPS) is 19.0. The molecule has 0 spiro atoms. The SMILES string of the molecule is O=C(CCN1CCN(c2cccc3c2cnn3-c2ccccc2F)C1=O)N1CCC[C@@H](F)C1. The van der Waals surface area contributed by atoms with Crippen LogP contribution in [0.3, 0.4) is 0 Å². The van der Waals surface area contributed by atoms with Crippen molar-refractivity contribution in [3.05, 3.63) is 54.5 Å². The number of carbonyl (C=O) groups excluding carboxylic acids is 2. The van der Waals surface area contributed by atoms with E-state index in [1.165, 1.54) is 10.7 Å². The molecule has 0 aliphatic carbocycles. The van der Waals surface area contributed by atoms with E-state index < -0.39 is 6.17 Å². The minimum absolute atomic E-state index is 0.114. The fourth-order valence-corrected chi connectivity index (χ4v) is 4.64. The number of para-hydroxylation sites is 1. The first kappa shape index (κ1) is 21.4. The molecule has 0 bridgehead atoms. The van der Waals surface area contributed by atoms with Crippen LogP contribution < -0.4 is 4.90 Å². The number of halogens is 2. The van der Waals surface area contributed by atoms with Crippen molar-refractivity contribution in [2.75, 3.05) is 37.6 Å². The maximum absolute atomic E-state index is 14.3. The number of aromatic nitrogens is 2. The summed E-state index contributed by atoms with van der Waals surface area (Å²) in [6.07, 6.45) is 2.04. The van der Waals surface area contributed by atoms with Gasteiger partial charge in [0.25, 0.3) is 0 Å². The molecule has 1 aromatic heterocycles. The summed E-state index contributed by atoms with van der Waals surface area (Å²) in [7, 11) is 0. The monoisotopic (exact) mass is 453 g/mol. The zero-order valence-electron chi connectivity index (χ0n) is 18.2. The number of alkyl halides is 1. The minimum atomic E-state index is -0.961. The third kappa shape index (κ3) is 4.03. The molecule has 172 valence electrons. The number of amides is 3. The quantitative estimate of drug-likeness (QED) is 0.591. The van der Waals surface area contributed by atoms with Crippen molar-refractivity contribution in [2.24, 2.45) is 0 Å². The summed E-state index contributed by atoms with van der Waals surface area (Å²) in [5.41, 5.74) is 1.74. The van der Waals surface area contributed by atoms with Crippen LogP contribution in [0.1, 0.15) is 19.3 Å². The Bertz CT molecular complexity index is 1200. The summed E-state index contributed by atoms with van der Waals surface area (Å²) in [5, 5.41) is 5.11. The molecule has 2 saturated heterocycles. The number of hydrogen-bond acceptors (Lipinski definition) is 3. The molecule has 0 saturated carbocycles. The number of hydrogen-bond donors (Lipinski definition) is 0. The second kappa shape index (κ2) is 8.80. The number of rotatable bonds is 5. The van der Waals surface area contributed by atoms with Gasteiger partial charge in [0.05, 0.1) is 23.9 Å². The van der Waals surface area contributed by atoms with Gasteiger partial charge in [-0.25, -0.2) is 18.3 Å². The smallest absolute Gasteiger partial charge is 0.324 e. The number of anilines is 1. The fourth-order valence-electron chi connectivity index (χ4n) is 4.64. The average Bonchev–Trinajstić information content (AvgIpc) is 3.41.